The lowest BCUT2D eigenvalue weighted by Gasteiger charge is -2.30. The second-order valence-corrected chi connectivity index (χ2v) is 5.97. The van der Waals surface area contributed by atoms with Crippen LogP contribution in [0.25, 0.3) is 0 Å². The molecule has 0 amide bonds. The Morgan fingerprint density at radius 2 is 1.76 bits per heavy atom. The summed E-state index contributed by atoms with van der Waals surface area (Å²) in [7, 11) is 0. The standard InChI is InChI=1S/C14H25NO6/c16-8-11-13(18)12(17)10(21-11)2-1-5-15-6-3-9(4-7-15)14(19)20/h9-13,16-18H,1-8H2,(H,19,20). The third kappa shape index (κ3) is 4.14. The molecule has 2 heterocycles. The van der Waals surface area contributed by atoms with Crippen LogP contribution in [-0.4, -0.2) is 82.0 Å². The van der Waals surface area contributed by atoms with Gasteiger partial charge in [-0.2, -0.15) is 0 Å². The minimum Gasteiger partial charge on any atom is -0.481 e. The van der Waals surface area contributed by atoms with Gasteiger partial charge in [0.2, 0.25) is 0 Å². The van der Waals surface area contributed by atoms with E-state index < -0.39 is 30.4 Å². The molecule has 4 unspecified atom stereocenters. The van der Waals surface area contributed by atoms with Crippen LogP contribution in [0.1, 0.15) is 25.7 Å². The van der Waals surface area contributed by atoms with Gasteiger partial charge in [-0.3, -0.25) is 4.79 Å². The molecule has 0 spiro atoms. The van der Waals surface area contributed by atoms with Gasteiger partial charge in [0.25, 0.3) is 0 Å². The number of rotatable bonds is 6. The number of carbonyl (C=O) groups is 1. The summed E-state index contributed by atoms with van der Waals surface area (Å²) in [5.74, 6) is -0.928. The van der Waals surface area contributed by atoms with Crippen molar-refractivity contribution in [2.24, 2.45) is 5.92 Å². The zero-order valence-corrected chi connectivity index (χ0v) is 12.1. The first kappa shape index (κ1) is 16.6. The largest absolute Gasteiger partial charge is 0.481 e. The molecule has 0 aliphatic carbocycles. The van der Waals surface area contributed by atoms with E-state index in [1.165, 1.54) is 0 Å². The quantitative estimate of drug-likeness (QED) is 0.500. The molecule has 2 rings (SSSR count). The number of carboxylic acids is 1. The molecule has 7 nitrogen and oxygen atoms in total. The molecule has 122 valence electrons. The number of nitrogens with zero attached hydrogens (tertiary/aromatic N) is 1. The van der Waals surface area contributed by atoms with E-state index in [0.29, 0.717) is 19.3 Å². The fraction of sp³-hybridized carbons (Fsp3) is 0.929. The maximum atomic E-state index is 10.9. The Hall–Kier alpha value is -0.730. The van der Waals surface area contributed by atoms with Gasteiger partial charge < -0.3 is 30.1 Å². The summed E-state index contributed by atoms with van der Waals surface area (Å²) in [6.07, 6.45) is -0.305. The number of hydrogen-bond donors (Lipinski definition) is 4. The van der Waals surface area contributed by atoms with Gasteiger partial charge in [-0.1, -0.05) is 0 Å². The Kier molecular flexibility index (Phi) is 5.95. The molecule has 0 aromatic rings. The highest BCUT2D eigenvalue weighted by Crippen LogP contribution is 2.25. The third-order valence-corrected chi connectivity index (χ3v) is 4.54. The number of aliphatic carboxylic acids is 1. The normalized spacial score (nSPS) is 35.2. The molecule has 7 heteroatoms. The van der Waals surface area contributed by atoms with Gasteiger partial charge in [0.15, 0.2) is 0 Å². The molecule has 0 radical (unpaired) electrons. The van der Waals surface area contributed by atoms with E-state index in [-0.39, 0.29) is 12.5 Å². The van der Waals surface area contributed by atoms with Crippen molar-refractivity contribution in [2.45, 2.75) is 50.1 Å². The molecule has 4 atom stereocenters. The Labute approximate surface area is 124 Å². The number of hydrogen-bond acceptors (Lipinski definition) is 6. The fourth-order valence-corrected chi connectivity index (χ4v) is 3.13. The van der Waals surface area contributed by atoms with E-state index in [9.17, 15) is 15.0 Å². The van der Waals surface area contributed by atoms with Crippen LogP contribution in [0.3, 0.4) is 0 Å². The van der Waals surface area contributed by atoms with Gasteiger partial charge in [0, 0.05) is 0 Å². The van der Waals surface area contributed by atoms with Gasteiger partial charge in [-0.25, -0.2) is 0 Å². The zero-order chi connectivity index (χ0) is 15.4. The summed E-state index contributed by atoms with van der Waals surface area (Å²) >= 11 is 0. The fourth-order valence-electron chi connectivity index (χ4n) is 3.13. The predicted molar refractivity (Wildman–Crippen MR) is 73.8 cm³/mol. The molecule has 0 aromatic heterocycles. The van der Waals surface area contributed by atoms with E-state index in [4.69, 9.17) is 14.9 Å². The van der Waals surface area contributed by atoms with Crippen LogP contribution >= 0.6 is 0 Å². The average molecular weight is 303 g/mol. The average Bonchev–Trinajstić information content (AvgIpc) is 2.75. The number of aliphatic hydroxyl groups is 3. The van der Waals surface area contributed by atoms with Crippen LogP contribution in [0, 0.1) is 5.92 Å². The first-order valence-electron chi connectivity index (χ1n) is 7.60. The molecule has 2 saturated heterocycles. The molecule has 2 aliphatic rings. The van der Waals surface area contributed by atoms with Crippen molar-refractivity contribution >= 4 is 5.97 Å². The van der Waals surface area contributed by atoms with Crippen molar-refractivity contribution in [2.75, 3.05) is 26.2 Å². The molecule has 4 N–H and O–H groups in total. The minimum absolute atomic E-state index is 0.221. The zero-order valence-electron chi connectivity index (χ0n) is 12.1. The van der Waals surface area contributed by atoms with E-state index in [0.717, 1.165) is 26.1 Å². The summed E-state index contributed by atoms with van der Waals surface area (Å²) < 4.78 is 5.43. The van der Waals surface area contributed by atoms with Crippen LogP contribution in [-0.2, 0) is 9.53 Å². The number of piperidine rings is 1. The Morgan fingerprint density at radius 3 is 2.29 bits per heavy atom. The van der Waals surface area contributed by atoms with E-state index in [1.54, 1.807) is 0 Å². The van der Waals surface area contributed by atoms with Crippen molar-refractivity contribution < 1.29 is 30.0 Å². The van der Waals surface area contributed by atoms with Gasteiger partial charge in [-0.05, 0) is 45.3 Å². The van der Waals surface area contributed by atoms with E-state index in [1.807, 2.05) is 0 Å². The van der Waals surface area contributed by atoms with Crippen LogP contribution in [0.4, 0.5) is 0 Å². The molecule has 21 heavy (non-hydrogen) atoms. The first-order chi connectivity index (χ1) is 10.0. The van der Waals surface area contributed by atoms with Crippen LogP contribution in [0.15, 0.2) is 0 Å². The lowest BCUT2D eigenvalue weighted by Crippen LogP contribution is -2.37. The van der Waals surface area contributed by atoms with Crippen LogP contribution in [0.5, 0.6) is 0 Å². The maximum absolute atomic E-state index is 10.9. The van der Waals surface area contributed by atoms with Gasteiger partial charge in [-0.15, -0.1) is 0 Å². The summed E-state index contributed by atoms with van der Waals surface area (Å²) in [6.45, 7) is 2.11. The number of likely N-dealkylation sites (tertiary alicyclic amines) is 1. The van der Waals surface area contributed by atoms with Crippen molar-refractivity contribution in [3.05, 3.63) is 0 Å². The minimum atomic E-state index is -1.02. The first-order valence-corrected chi connectivity index (χ1v) is 7.60. The summed E-state index contributed by atoms with van der Waals surface area (Å²) in [6, 6.07) is 0. The number of aliphatic hydroxyl groups excluding tert-OH is 3. The molecule has 2 fully saturated rings. The molecular formula is C14H25NO6. The molecule has 0 saturated carbocycles. The van der Waals surface area contributed by atoms with Crippen molar-refractivity contribution in [1.29, 1.82) is 0 Å². The SMILES string of the molecule is O=C(O)C1CCN(CCCC2OC(CO)C(O)C2O)CC1. The molecule has 2 aliphatic heterocycles. The monoisotopic (exact) mass is 303 g/mol. The maximum Gasteiger partial charge on any atom is 0.306 e. The highest BCUT2D eigenvalue weighted by atomic mass is 16.6. The third-order valence-electron chi connectivity index (χ3n) is 4.54. The molecular weight excluding hydrogens is 278 g/mol. The highest BCUT2D eigenvalue weighted by molar-refractivity contribution is 5.70. The number of ether oxygens (including phenoxy) is 1. The molecule has 0 aromatic carbocycles. The van der Waals surface area contributed by atoms with Gasteiger partial charge in [0.1, 0.15) is 18.3 Å². The van der Waals surface area contributed by atoms with Crippen molar-refractivity contribution in [1.82, 2.24) is 4.90 Å². The van der Waals surface area contributed by atoms with Crippen LogP contribution < -0.4 is 0 Å². The Bertz CT molecular complexity index is 344. The second kappa shape index (κ2) is 7.51. The topological polar surface area (TPSA) is 110 Å². The Morgan fingerprint density at radius 1 is 1.14 bits per heavy atom. The summed E-state index contributed by atoms with van der Waals surface area (Å²) in [5.41, 5.74) is 0. The van der Waals surface area contributed by atoms with Crippen molar-refractivity contribution in [3.8, 4) is 0 Å². The number of carboxylic acid groups (broad SMARTS) is 1. The highest BCUT2D eigenvalue weighted by Gasteiger charge is 2.41. The lowest BCUT2D eigenvalue weighted by atomic mass is 9.97. The van der Waals surface area contributed by atoms with Gasteiger partial charge >= 0.3 is 5.97 Å². The van der Waals surface area contributed by atoms with Crippen LogP contribution in [0.2, 0.25) is 0 Å². The Balaban J connectivity index is 1.65. The predicted octanol–water partition coefficient (Wildman–Crippen LogP) is -0.955. The van der Waals surface area contributed by atoms with E-state index in [2.05, 4.69) is 4.90 Å². The summed E-state index contributed by atoms with van der Waals surface area (Å²) in [4.78, 5) is 13.1. The van der Waals surface area contributed by atoms with Crippen molar-refractivity contribution in [3.63, 3.8) is 0 Å². The lowest BCUT2D eigenvalue weighted by molar-refractivity contribution is -0.143. The second-order valence-electron chi connectivity index (χ2n) is 5.97. The summed E-state index contributed by atoms with van der Waals surface area (Å²) in [5, 5.41) is 37.4. The van der Waals surface area contributed by atoms with Gasteiger partial charge in [0.05, 0.1) is 18.6 Å². The molecule has 0 bridgehead atoms. The van der Waals surface area contributed by atoms with E-state index >= 15 is 0 Å². The smallest absolute Gasteiger partial charge is 0.306 e.